The van der Waals surface area contributed by atoms with Crippen LogP contribution in [0.25, 0.3) is 0 Å². The summed E-state index contributed by atoms with van der Waals surface area (Å²) in [5.41, 5.74) is 0.239. The standard InChI is InChI=1S/C19H24Cl2N2O2/c20-14-5-4-13(16(21)10-14)12-22-18(25)19(8-2-1-3-9-19)11-17(24)23-15-6-7-15/h4-5,10,15H,1-3,6-9,11-12H2,(H,22,25)(H,23,24). The van der Waals surface area contributed by atoms with Gasteiger partial charge in [0.15, 0.2) is 0 Å². The van der Waals surface area contributed by atoms with Gasteiger partial charge in [-0.3, -0.25) is 9.59 Å². The number of nitrogens with one attached hydrogen (secondary N) is 2. The molecule has 2 amide bonds. The summed E-state index contributed by atoms with van der Waals surface area (Å²) in [6.07, 6.45) is 7.04. The minimum Gasteiger partial charge on any atom is -0.353 e. The maximum Gasteiger partial charge on any atom is 0.227 e. The molecule has 0 radical (unpaired) electrons. The molecule has 6 heteroatoms. The van der Waals surface area contributed by atoms with E-state index in [9.17, 15) is 9.59 Å². The predicted molar refractivity (Wildman–Crippen MR) is 99.6 cm³/mol. The Bertz CT molecular complexity index is 653. The van der Waals surface area contributed by atoms with Gasteiger partial charge in [-0.05, 0) is 43.4 Å². The van der Waals surface area contributed by atoms with E-state index in [2.05, 4.69) is 10.6 Å². The van der Waals surface area contributed by atoms with Gasteiger partial charge in [-0.15, -0.1) is 0 Å². The molecular formula is C19H24Cl2N2O2. The van der Waals surface area contributed by atoms with Gasteiger partial charge in [0.1, 0.15) is 0 Å². The molecule has 0 heterocycles. The van der Waals surface area contributed by atoms with Crippen LogP contribution in [-0.4, -0.2) is 17.9 Å². The lowest BCUT2D eigenvalue weighted by Crippen LogP contribution is -2.45. The molecule has 0 aromatic heterocycles. The van der Waals surface area contributed by atoms with Gasteiger partial charge in [0, 0.05) is 29.1 Å². The number of hydrogen-bond acceptors (Lipinski definition) is 2. The van der Waals surface area contributed by atoms with Gasteiger partial charge in [0.25, 0.3) is 0 Å². The summed E-state index contributed by atoms with van der Waals surface area (Å²) in [6, 6.07) is 5.57. The van der Waals surface area contributed by atoms with Crippen molar-refractivity contribution >= 4 is 35.0 Å². The van der Waals surface area contributed by atoms with Crippen LogP contribution < -0.4 is 10.6 Å². The molecule has 2 aliphatic rings. The highest BCUT2D eigenvalue weighted by molar-refractivity contribution is 6.35. The maximum absolute atomic E-state index is 12.9. The molecule has 136 valence electrons. The monoisotopic (exact) mass is 382 g/mol. The average Bonchev–Trinajstić information content (AvgIpc) is 3.38. The number of halogens is 2. The first-order chi connectivity index (χ1) is 12.0. The molecule has 0 unspecified atom stereocenters. The average molecular weight is 383 g/mol. The minimum atomic E-state index is -0.587. The van der Waals surface area contributed by atoms with Crippen molar-refractivity contribution in [2.75, 3.05) is 0 Å². The van der Waals surface area contributed by atoms with E-state index in [0.29, 0.717) is 22.6 Å². The van der Waals surface area contributed by atoms with E-state index >= 15 is 0 Å². The molecule has 3 rings (SSSR count). The number of hydrogen-bond donors (Lipinski definition) is 2. The third-order valence-corrected chi connectivity index (χ3v) is 5.78. The highest BCUT2D eigenvalue weighted by Crippen LogP contribution is 2.40. The molecule has 0 atom stereocenters. The third-order valence-electron chi connectivity index (χ3n) is 5.19. The summed E-state index contributed by atoms with van der Waals surface area (Å²) in [4.78, 5) is 25.3. The predicted octanol–water partition coefficient (Wildman–Crippen LogP) is 4.23. The largest absolute Gasteiger partial charge is 0.353 e. The molecule has 1 aromatic rings. The second kappa shape index (κ2) is 7.96. The lowest BCUT2D eigenvalue weighted by atomic mass is 9.71. The van der Waals surface area contributed by atoms with Gasteiger partial charge in [-0.2, -0.15) is 0 Å². The number of carbonyl (C=O) groups is 2. The van der Waals surface area contributed by atoms with E-state index in [-0.39, 0.29) is 18.2 Å². The number of rotatable bonds is 6. The lowest BCUT2D eigenvalue weighted by molar-refractivity contribution is -0.138. The Morgan fingerprint density at radius 2 is 1.84 bits per heavy atom. The Hall–Kier alpha value is -1.26. The Balaban J connectivity index is 1.64. The number of amides is 2. The first-order valence-electron chi connectivity index (χ1n) is 9.00. The van der Waals surface area contributed by atoms with Crippen molar-refractivity contribution in [1.29, 1.82) is 0 Å². The van der Waals surface area contributed by atoms with Crippen LogP contribution in [-0.2, 0) is 16.1 Å². The van der Waals surface area contributed by atoms with Crippen molar-refractivity contribution in [2.24, 2.45) is 5.41 Å². The molecule has 0 aliphatic heterocycles. The Kier molecular flexibility index (Phi) is 5.90. The number of benzene rings is 1. The highest BCUT2D eigenvalue weighted by atomic mass is 35.5. The lowest BCUT2D eigenvalue weighted by Gasteiger charge is -2.35. The van der Waals surface area contributed by atoms with Crippen LogP contribution in [0.3, 0.4) is 0 Å². The second-order valence-corrected chi connectivity index (χ2v) is 8.12. The van der Waals surface area contributed by atoms with Gasteiger partial charge in [-0.25, -0.2) is 0 Å². The summed E-state index contributed by atoms with van der Waals surface area (Å²) >= 11 is 12.1. The van der Waals surface area contributed by atoms with E-state index in [0.717, 1.165) is 50.5 Å². The second-order valence-electron chi connectivity index (χ2n) is 7.28. The molecule has 4 nitrogen and oxygen atoms in total. The van der Waals surface area contributed by atoms with Crippen molar-refractivity contribution in [3.8, 4) is 0 Å². The van der Waals surface area contributed by atoms with Gasteiger partial charge < -0.3 is 10.6 Å². The van der Waals surface area contributed by atoms with Gasteiger partial charge >= 0.3 is 0 Å². The molecule has 2 fully saturated rings. The zero-order valence-electron chi connectivity index (χ0n) is 14.2. The highest BCUT2D eigenvalue weighted by Gasteiger charge is 2.41. The molecule has 2 aliphatic carbocycles. The fourth-order valence-electron chi connectivity index (χ4n) is 3.55. The van der Waals surface area contributed by atoms with E-state index in [1.165, 1.54) is 0 Å². The van der Waals surface area contributed by atoms with Crippen LogP contribution in [0.4, 0.5) is 0 Å². The summed E-state index contributed by atoms with van der Waals surface area (Å²) in [5, 5.41) is 7.12. The molecule has 0 saturated heterocycles. The van der Waals surface area contributed by atoms with E-state index in [4.69, 9.17) is 23.2 Å². The van der Waals surface area contributed by atoms with Crippen molar-refractivity contribution in [3.63, 3.8) is 0 Å². The van der Waals surface area contributed by atoms with Gasteiger partial charge in [0.2, 0.25) is 11.8 Å². The van der Waals surface area contributed by atoms with Crippen LogP contribution >= 0.6 is 23.2 Å². The molecule has 1 aromatic carbocycles. The van der Waals surface area contributed by atoms with Crippen LogP contribution in [0.1, 0.15) is 56.9 Å². The molecule has 2 saturated carbocycles. The first kappa shape index (κ1) is 18.5. The van der Waals surface area contributed by atoms with Crippen LogP contribution in [0, 0.1) is 5.41 Å². The van der Waals surface area contributed by atoms with Crippen molar-refractivity contribution in [1.82, 2.24) is 10.6 Å². The van der Waals surface area contributed by atoms with Crippen molar-refractivity contribution in [2.45, 2.75) is 64.0 Å². The first-order valence-corrected chi connectivity index (χ1v) is 9.76. The molecule has 0 bridgehead atoms. The topological polar surface area (TPSA) is 58.2 Å². The van der Waals surface area contributed by atoms with E-state index in [1.807, 2.05) is 6.07 Å². The fraction of sp³-hybridized carbons (Fsp3) is 0.579. The summed E-state index contributed by atoms with van der Waals surface area (Å²) < 4.78 is 0. The minimum absolute atomic E-state index is 0.00377. The normalized spacial score (nSPS) is 19.3. The summed E-state index contributed by atoms with van der Waals surface area (Å²) in [7, 11) is 0. The molecule has 25 heavy (non-hydrogen) atoms. The Labute approximate surface area is 158 Å². The van der Waals surface area contributed by atoms with Crippen molar-refractivity contribution < 1.29 is 9.59 Å². The SMILES string of the molecule is O=C(CC1(C(=O)NCc2ccc(Cl)cc2Cl)CCCCC1)NC1CC1. The van der Waals surface area contributed by atoms with E-state index in [1.54, 1.807) is 12.1 Å². The Morgan fingerprint density at radius 3 is 2.48 bits per heavy atom. The van der Waals surface area contributed by atoms with Crippen LogP contribution in [0.5, 0.6) is 0 Å². The Morgan fingerprint density at radius 1 is 1.12 bits per heavy atom. The van der Waals surface area contributed by atoms with Crippen LogP contribution in [0.2, 0.25) is 10.0 Å². The smallest absolute Gasteiger partial charge is 0.227 e. The molecule has 2 N–H and O–H groups in total. The summed E-state index contributed by atoms with van der Waals surface area (Å²) in [5.74, 6) is -0.0340. The number of carbonyl (C=O) groups excluding carboxylic acids is 2. The third kappa shape index (κ3) is 4.89. The zero-order valence-corrected chi connectivity index (χ0v) is 15.8. The van der Waals surface area contributed by atoms with Gasteiger partial charge in [0.05, 0.1) is 5.41 Å². The summed E-state index contributed by atoms with van der Waals surface area (Å²) in [6.45, 7) is 0.348. The molecule has 0 spiro atoms. The van der Waals surface area contributed by atoms with Gasteiger partial charge in [-0.1, -0.05) is 48.5 Å². The quantitative estimate of drug-likeness (QED) is 0.773. The van der Waals surface area contributed by atoms with E-state index < -0.39 is 5.41 Å². The maximum atomic E-state index is 12.9. The van der Waals surface area contributed by atoms with Crippen LogP contribution in [0.15, 0.2) is 18.2 Å². The fourth-order valence-corrected chi connectivity index (χ4v) is 4.03. The zero-order chi connectivity index (χ0) is 17.9. The molecular weight excluding hydrogens is 359 g/mol. The van der Waals surface area contributed by atoms with Crippen molar-refractivity contribution in [3.05, 3.63) is 33.8 Å².